The van der Waals surface area contributed by atoms with Crippen LogP contribution in [-0.4, -0.2) is 25.1 Å². The minimum Gasteiger partial charge on any atom is -0.316 e. The van der Waals surface area contributed by atoms with Crippen molar-refractivity contribution in [3.63, 3.8) is 0 Å². The van der Waals surface area contributed by atoms with Crippen molar-refractivity contribution in [1.29, 1.82) is 0 Å². The van der Waals surface area contributed by atoms with E-state index in [0.717, 1.165) is 11.4 Å². The molecule has 1 aromatic carbocycles. The highest BCUT2D eigenvalue weighted by Crippen LogP contribution is 2.20. The number of carbonyl (C=O) groups is 1. The minimum atomic E-state index is -0.339. The number of rotatable bonds is 3. The number of aromatic nitrogens is 4. The summed E-state index contributed by atoms with van der Waals surface area (Å²) >= 11 is 0. The van der Waals surface area contributed by atoms with Gasteiger partial charge in [0.25, 0.3) is 11.5 Å². The Kier molecular flexibility index (Phi) is 4.55. The molecule has 0 spiro atoms. The van der Waals surface area contributed by atoms with Gasteiger partial charge in [-0.3, -0.25) is 19.0 Å². The van der Waals surface area contributed by atoms with E-state index in [-0.39, 0.29) is 22.7 Å². The zero-order valence-corrected chi connectivity index (χ0v) is 16.6. The van der Waals surface area contributed by atoms with Gasteiger partial charge in [-0.2, -0.15) is 5.10 Å². The van der Waals surface area contributed by atoms with Crippen LogP contribution in [0.5, 0.6) is 0 Å². The Bertz CT molecular complexity index is 1050. The summed E-state index contributed by atoms with van der Waals surface area (Å²) in [6.07, 6.45) is 1.55. The predicted octanol–water partition coefficient (Wildman–Crippen LogP) is 3.00. The van der Waals surface area contributed by atoms with Gasteiger partial charge in [-0.25, -0.2) is 4.68 Å². The lowest BCUT2D eigenvalue weighted by molar-refractivity contribution is 0.102. The van der Waals surface area contributed by atoms with Gasteiger partial charge in [-0.1, -0.05) is 18.2 Å². The van der Waals surface area contributed by atoms with Gasteiger partial charge in [-0.15, -0.1) is 0 Å². The first-order valence-electron chi connectivity index (χ1n) is 8.83. The highest BCUT2D eigenvalue weighted by molar-refractivity contribution is 6.05. The smallest absolute Gasteiger partial charge is 0.295 e. The van der Waals surface area contributed by atoms with Crippen molar-refractivity contribution in [2.45, 2.75) is 40.2 Å². The molecule has 0 radical (unpaired) electrons. The molecule has 142 valence electrons. The summed E-state index contributed by atoms with van der Waals surface area (Å²) in [6.45, 7) is 9.73. The van der Waals surface area contributed by atoms with E-state index in [4.69, 9.17) is 0 Å². The molecule has 0 bridgehead atoms. The van der Waals surface area contributed by atoms with Gasteiger partial charge in [0.2, 0.25) is 0 Å². The van der Waals surface area contributed by atoms with Gasteiger partial charge in [0.15, 0.2) is 0 Å². The van der Waals surface area contributed by atoms with Crippen molar-refractivity contribution < 1.29 is 4.79 Å². The van der Waals surface area contributed by atoms with Crippen molar-refractivity contribution in [2.24, 2.45) is 7.05 Å². The van der Waals surface area contributed by atoms with Crippen LogP contribution in [0.2, 0.25) is 0 Å². The number of hydrogen-bond donors (Lipinski definition) is 1. The second-order valence-corrected chi connectivity index (χ2v) is 7.62. The fourth-order valence-electron chi connectivity index (χ4n) is 3.20. The Hall–Kier alpha value is -3.09. The van der Waals surface area contributed by atoms with E-state index < -0.39 is 0 Å². The third-order valence-electron chi connectivity index (χ3n) is 4.68. The molecular formula is C20H25N5O2. The highest BCUT2D eigenvalue weighted by Gasteiger charge is 2.24. The molecule has 2 heterocycles. The lowest BCUT2D eigenvalue weighted by Crippen LogP contribution is -2.25. The van der Waals surface area contributed by atoms with E-state index in [9.17, 15) is 9.59 Å². The quantitative estimate of drug-likeness (QED) is 0.773. The average Bonchev–Trinajstić information content (AvgIpc) is 3.09. The normalized spacial score (nSPS) is 11.6. The standard InChI is InChI=1S/C20H25N5O2/c1-13-16(12-21-25(13)20(3,4)5)18(26)22-17-14(2)23(6)24(19(17)27)15-10-8-7-9-11-15/h7-12H,1-6H3,(H,22,26). The van der Waals surface area contributed by atoms with E-state index >= 15 is 0 Å². The number of nitrogens with one attached hydrogen (secondary N) is 1. The number of amides is 1. The van der Waals surface area contributed by atoms with Crippen LogP contribution in [0.1, 0.15) is 42.5 Å². The zero-order valence-electron chi connectivity index (χ0n) is 16.6. The van der Waals surface area contributed by atoms with Crippen LogP contribution in [-0.2, 0) is 12.6 Å². The fourth-order valence-corrected chi connectivity index (χ4v) is 3.20. The lowest BCUT2D eigenvalue weighted by Gasteiger charge is -2.21. The minimum absolute atomic E-state index is 0.231. The topological polar surface area (TPSA) is 73.8 Å². The number of nitrogens with zero attached hydrogens (tertiary/aromatic N) is 4. The van der Waals surface area contributed by atoms with Crippen molar-refractivity contribution >= 4 is 11.6 Å². The Morgan fingerprint density at radius 3 is 2.26 bits per heavy atom. The van der Waals surface area contributed by atoms with E-state index in [1.165, 1.54) is 4.68 Å². The van der Waals surface area contributed by atoms with Gasteiger partial charge in [0, 0.05) is 12.7 Å². The second-order valence-electron chi connectivity index (χ2n) is 7.62. The molecule has 0 aliphatic rings. The highest BCUT2D eigenvalue weighted by atomic mass is 16.2. The molecule has 0 atom stereocenters. The maximum Gasteiger partial charge on any atom is 0.295 e. The molecule has 7 heteroatoms. The van der Waals surface area contributed by atoms with Crippen LogP contribution >= 0.6 is 0 Å². The molecule has 7 nitrogen and oxygen atoms in total. The Balaban J connectivity index is 1.99. The van der Waals surface area contributed by atoms with Crippen molar-refractivity contribution in [2.75, 3.05) is 5.32 Å². The Morgan fingerprint density at radius 2 is 1.70 bits per heavy atom. The van der Waals surface area contributed by atoms with Crippen molar-refractivity contribution in [3.05, 3.63) is 63.8 Å². The molecule has 1 amide bonds. The Labute approximate surface area is 158 Å². The third kappa shape index (κ3) is 3.20. The van der Waals surface area contributed by atoms with Crippen LogP contribution < -0.4 is 10.9 Å². The first kappa shape index (κ1) is 18.7. The summed E-state index contributed by atoms with van der Waals surface area (Å²) in [4.78, 5) is 25.7. The molecule has 0 fully saturated rings. The van der Waals surface area contributed by atoms with Gasteiger partial charge in [0.05, 0.1) is 28.7 Å². The second kappa shape index (κ2) is 6.57. The first-order valence-corrected chi connectivity index (χ1v) is 8.83. The monoisotopic (exact) mass is 367 g/mol. The largest absolute Gasteiger partial charge is 0.316 e. The van der Waals surface area contributed by atoms with E-state index in [0.29, 0.717) is 11.3 Å². The molecule has 3 aromatic rings. The average molecular weight is 367 g/mol. The Morgan fingerprint density at radius 1 is 1.07 bits per heavy atom. The zero-order chi connectivity index (χ0) is 19.9. The lowest BCUT2D eigenvalue weighted by atomic mass is 10.1. The van der Waals surface area contributed by atoms with Crippen LogP contribution in [0.25, 0.3) is 5.69 Å². The van der Waals surface area contributed by atoms with Crippen molar-refractivity contribution in [1.82, 2.24) is 19.1 Å². The van der Waals surface area contributed by atoms with E-state index in [2.05, 4.69) is 10.4 Å². The number of carbonyl (C=O) groups excluding carboxylic acids is 1. The fraction of sp³-hybridized carbons (Fsp3) is 0.350. The molecule has 0 saturated heterocycles. The van der Waals surface area contributed by atoms with Crippen LogP contribution in [0.3, 0.4) is 0 Å². The van der Waals surface area contributed by atoms with Crippen LogP contribution in [0, 0.1) is 13.8 Å². The van der Waals surface area contributed by atoms with Crippen molar-refractivity contribution in [3.8, 4) is 5.69 Å². The molecule has 0 aliphatic heterocycles. The molecule has 3 rings (SSSR count). The third-order valence-corrected chi connectivity index (χ3v) is 4.68. The van der Waals surface area contributed by atoms with Gasteiger partial charge >= 0.3 is 0 Å². The van der Waals surface area contributed by atoms with Gasteiger partial charge < -0.3 is 5.32 Å². The summed E-state index contributed by atoms with van der Waals surface area (Å²) in [5.74, 6) is -0.339. The molecule has 27 heavy (non-hydrogen) atoms. The van der Waals surface area contributed by atoms with E-state index in [1.807, 2.05) is 69.6 Å². The number of para-hydroxylation sites is 1. The molecule has 2 aromatic heterocycles. The van der Waals surface area contributed by atoms with Crippen LogP contribution in [0.15, 0.2) is 41.3 Å². The van der Waals surface area contributed by atoms with Crippen LogP contribution in [0.4, 0.5) is 5.69 Å². The molecule has 0 saturated carbocycles. The van der Waals surface area contributed by atoms with Gasteiger partial charge in [-0.05, 0) is 46.8 Å². The summed E-state index contributed by atoms with van der Waals surface area (Å²) in [6, 6.07) is 9.33. The molecule has 1 N–H and O–H groups in total. The summed E-state index contributed by atoms with van der Waals surface area (Å²) < 4.78 is 5.08. The predicted molar refractivity (Wildman–Crippen MR) is 106 cm³/mol. The number of hydrogen-bond acceptors (Lipinski definition) is 3. The SMILES string of the molecule is Cc1c(C(=O)Nc2c(C)n(C)n(-c3ccccc3)c2=O)cnn1C(C)(C)C. The first-order chi connectivity index (χ1) is 12.6. The molecular weight excluding hydrogens is 342 g/mol. The van der Waals surface area contributed by atoms with Gasteiger partial charge in [0.1, 0.15) is 5.69 Å². The number of anilines is 1. The maximum atomic E-state index is 12.9. The molecule has 0 aliphatic carbocycles. The molecule has 0 unspecified atom stereocenters. The summed E-state index contributed by atoms with van der Waals surface area (Å²) in [7, 11) is 1.79. The maximum absolute atomic E-state index is 12.9. The van der Waals surface area contributed by atoms with E-state index in [1.54, 1.807) is 17.9 Å². The number of benzene rings is 1. The summed E-state index contributed by atoms with van der Waals surface area (Å²) in [5.41, 5.74) is 2.41. The summed E-state index contributed by atoms with van der Waals surface area (Å²) in [5, 5.41) is 7.12.